The van der Waals surface area contributed by atoms with E-state index in [4.69, 9.17) is 0 Å². The van der Waals surface area contributed by atoms with Gasteiger partial charge in [0.25, 0.3) is 5.91 Å². The summed E-state index contributed by atoms with van der Waals surface area (Å²) in [5, 5.41) is 6.92. The Morgan fingerprint density at radius 2 is 1.97 bits per heavy atom. The van der Waals surface area contributed by atoms with E-state index in [1.165, 1.54) is 17.3 Å². The van der Waals surface area contributed by atoms with Crippen molar-refractivity contribution in [3.8, 4) is 0 Å². The SMILES string of the molecule is C[C@H](CNC(=O)c1cccc(NC2=N[C@@H]3CS(=O)(=O)C[C@H]3S2)c1)c1ccccc1. The van der Waals surface area contributed by atoms with E-state index in [-0.39, 0.29) is 34.6 Å². The van der Waals surface area contributed by atoms with Crippen LogP contribution in [0, 0.1) is 0 Å². The number of hydrogen-bond acceptors (Lipinski definition) is 6. The van der Waals surface area contributed by atoms with Crippen molar-refractivity contribution in [1.82, 2.24) is 5.32 Å². The molecule has 0 radical (unpaired) electrons. The Bertz CT molecular complexity index is 1040. The van der Waals surface area contributed by atoms with E-state index in [0.717, 1.165) is 5.69 Å². The number of rotatable bonds is 5. The number of hydrogen-bond donors (Lipinski definition) is 2. The summed E-state index contributed by atoms with van der Waals surface area (Å²) < 4.78 is 23.4. The summed E-state index contributed by atoms with van der Waals surface area (Å²) in [6.45, 7) is 2.64. The van der Waals surface area contributed by atoms with Crippen LogP contribution >= 0.6 is 11.8 Å². The van der Waals surface area contributed by atoms with Crippen LogP contribution in [-0.2, 0) is 9.84 Å². The first-order valence-electron chi connectivity index (χ1n) is 9.55. The van der Waals surface area contributed by atoms with E-state index in [1.807, 2.05) is 30.3 Å². The smallest absolute Gasteiger partial charge is 0.251 e. The highest BCUT2D eigenvalue weighted by atomic mass is 32.2. The molecule has 0 bridgehead atoms. The molecular weight excluding hydrogens is 406 g/mol. The Hall–Kier alpha value is -2.32. The van der Waals surface area contributed by atoms with Crippen molar-refractivity contribution in [3.63, 3.8) is 0 Å². The van der Waals surface area contributed by atoms with Gasteiger partial charge in [0.15, 0.2) is 15.0 Å². The third-order valence-electron chi connectivity index (χ3n) is 5.13. The molecule has 0 spiro atoms. The minimum Gasteiger partial charge on any atom is -0.351 e. The summed E-state index contributed by atoms with van der Waals surface area (Å²) in [5.74, 6) is 0.401. The summed E-state index contributed by atoms with van der Waals surface area (Å²) in [6.07, 6.45) is 0. The largest absolute Gasteiger partial charge is 0.351 e. The lowest BCUT2D eigenvalue weighted by molar-refractivity contribution is 0.0951. The number of anilines is 1. The van der Waals surface area contributed by atoms with Gasteiger partial charge in [-0.3, -0.25) is 9.79 Å². The number of fused-ring (bicyclic) bond motifs is 1. The van der Waals surface area contributed by atoms with Gasteiger partial charge >= 0.3 is 0 Å². The van der Waals surface area contributed by atoms with Crippen LogP contribution in [0.5, 0.6) is 0 Å². The molecule has 1 amide bonds. The molecule has 0 unspecified atom stereocenters. The highest BCUT2D eigenvalue weighted by Gasteiger charge is 2.42. The Balaban J connectivity index is 1.36. The van der Waals surface area contributed by atoms with Crippen molar-refractivity contribution in [2.24, 2.45) is 4.99 Å². The van der Waals surface area contributed by atoms with Gasteiger partial charge in [-0.25, -0.2) is 8.42 Å². The van der Waals surface area contributed by atoms with Gasteiger partial charge in [0.05, 0.1) is 17.5 Å². The first-order chi connectivity index (χ1) is 13.9. The number of carbonyl (C=O) groups is 1. The van der Waals surface area contributed by atoms with Gasteiger partial charge in [-0.05, 0) is 29.7 Å². The van der Waals surface area contributed by atoms with E-state index >= 15 is 0 Å². The minimum absolute atomic E-state index is 0.00606. The summed E-state index contributed by atoms with van der Waals surface area (Å²) in [4.78, 5) is 17.1. The third kappa shape index (κ3) is 4.82. The summed E-state index contributed by atoms with van der Waals surface area (Å²) in [6, 6.07) is 17.2. The molecule has 29 heavy (non-hydrogen) atoms. The van der Waals surface area contributed by atoms with Gasteiger partial charge in [-0.2, -0.15) is 0 Å². The Labute approximate surface area is 175 Å². The van der Waals surface area contributed by atoms with Crippen molar-refractivity contribution >= 4 is 38.4 Å². The van der Waals surface area contributed by atoms with Crippen LogP contribution in [-0.4, -0.2) is 48.8 Å². The Morgan fingerprint density at radius 3 is 2.72 bits per heavy atom. The minimum atomic E-state index is -2.96. The topological polar surface area (TPSA) is 87.6 Å². The second-order valence-electron chi connectivity index (χ2n) is 7.46. The lowest BCUT2D eigenvalue weighted by atomic mass is 10.0. The van der Waals surface area contributed by atoms with Crippen LogP contribution in [0.1, 0.15) is 28.8 Å². The molecule has 8 heteroatoms. The second-order valence-corrected chi connectivity index (χ2v) is 10.8. The fraction of sp³-hybridized carbons (Fsp3) is 0.333. The highest BCUT2D eigenvalue weighted by molar-refractivity contribution is 8.15. The van der Waals surface area contributed by atoms with Gasteiger partial charge in [0.1, 0.15) is 0 Å². The molecule has 0 saturated carbocycles. The molecule has 2 aliphatic rings. The first-order valence-corrected chi connectivity index (χ1v) is 12.2. The second kappa shape index (κ2) is 8.20. The quantitative estimate of drug-likeness (QED) is 0.763. The zero-order valence-electron chi connectivity index (χ0n) is 16.0. The lowest BCUT2D eigenvalue weighted by Crippen LogP contribution is -2.27. The molecule has 0 aromatic heterocycles. The predicted octanol–water partition coefficient (Wildman–Crippen LogP) is 2.90. The predicted molar refractivity (Wildman–Crippen MR) is 119 cm³/mol. The summed E-state index contributed by atoms with van der Waals surface area (Å²) in [5.41, 5.74) is 2.52. The van der Waals surface area contributed by atoms with E-state index < -0.39 is 9.84 Å². The van der Waals surface area contributed by atoms with Gasteiger partial charge < -0.3 is 10.6 Å². The maximum absolute atomic E-state index is 12.6. The molecule has 1 fully saturated rings. The van der Waals surface area contributed by atoms with Crippen LogP contribution in [0.3, 0.4) is 0 Å². The number of sulfone groups is 1. The van der Waals surface area contributed by atoms with Gasteiger partial charge in [0, 0.05) is 23.0 Å². The van der Waals surface area contributed by atoms with E-state index in [1.54, 1.807) is 12.1 Å². The van der Waals surface area contributed by atoms with Crippen LogP contribution in [0.15, 0.2) is 59.6 Å². The number of nitrogens with one attached hydrogen (secondary N) is 2. The van der Waals surface area contributed by atoms with Crippen molar-refractivity contribution in [3.05, 3.63) is 65.7 Å². The number of thioether (sulfide) groups is 1. The number of nitrogens with zero attached hydrogens (tertiary/aromatic N) is 1. The molecule has 2 aromatic carbocycles. The molecule has 4 rings (SSSR count). The fourth-order valence-electron chi connectivity index (χ4n) is 3.52. The normalized spacial score (nSPS) is 23.1. The monoisotopic (exact) mass is 429 g/mol. The molecule has 2 aliphatic heterocycles. The molecule has 1 saturated heterocycles. The number of carbonyl (C=O) groups excluding carboxylic acids is 1. The number of amides is 1. The highest BCUT2D eigenvalue weighted by Crippen LogP contribution is 2.34. The lowest BCUT2D eigenvalue weighted by Gasteiger charge is -2.13. The number of aliphatic imine (C=N–C) groups is 1. The van der Waals surface area contributed by atoms with Gasteiger partial charge in [-0.1, -0.05) is 55.1 Å². The third-order valence-corrected chi connectivity index (χ3v) is 8.27. The van der Waals surface area contributed by atoms with Crippen LogP contribution in [0.2, 0.25) is 0 Å². The molecule has 152 valence electrons. The molecule has 0 aliphatic carbocycles. The number of benzene rings is 2. The Kier molecular flexibility index (Phi) is 5.65. The number of amidine groups is 1. The van der Waals surface area contributed by atoms with Crippen molar-refractivity contribution in [2.45, 2.75) is 24.1 Å². The molecule has 2 aromatic rings. The van der Waals surface area contributed by atoms with Crippen LogP contribution in [0.4, 0.5) is 5.69 Å². The van der Waals surface area contributed by atoms with Crippen molar-refractivity contribution in [2.75, 3.05) is 23.4 Å². The average Bonchev–Trinajstić information content (AvgIpc) is 3.19. The van der Waals surface area contributed by atoms with Gasteiger partial charge in [-0.15, -0.1) is 0 Å². The molecular formula is C21H23N3O3S2. The van der Waals surface area contributed by atoms with E-state index in [2.05, 4.69) is 34.7 Å². The molecule has 3 atom stereocenters. The van der Waals surface area contributed by atoms with Crippen molar-refractivity contribution < 1.29 is 13.2 Å². The van der Waals surface area contributed by atoms with Gasteiger partial charge in [0.2, 0.25) is 0 Å². The average molecular weight is 430 g/mol. The standard InChI is InChI=1S/C21H23N3O3S2/c1-14(15-6-3-2-4-7-15)11-22-20(25)16-8-5-9-17(10-16)23-21-24-18-12-29(26,27)13-19(18)28-21/h2-10,14,18-19H,11-13H2,1H3,(H,22,25)(H,23,24)/t14-,18-,19-/m1/s1. The fourth-order valence-corrected chi connectivity index (χ4v) is 7.20. The molecule has 2 N–H and O–H groups in total. The van der Waals surface area contributed by atoms with Crippen molar-refractivity contribution in [1.29, 1.82) is 0 Å². The van der Waals surface area contributed by atoms with E-state index in [0.29, 0.717) is 17.3 Å². The zero-order valence-corrected chi connectivity index (χ0v) is 17.7. The maximum Gasteiger partial charge on any atom is 0.251 e. The van der Waals surface area contributed by atoms with E-state index in [9.17, 15) is 13.2 Å². The van der Waals surface area contributed by atoms with Crippen LogP contribution in [0.25, 0.3) is 0 Å². The first kappa shape index (κ1) is 20.0. The zero-order chi connectivity index (χ0) is 20.4. The molecule has 2 heterocycles. The summed E-state index contributed by atoms with van der Waals surface area (Å²) >= 11 is 1.46. The Morgan fingerprint density at radius 1 is 1.17 bits per heavy atom. The summed E-state index contributed by atoms with van der Waals surface area (Å²) in [7, 11) is -2.96. The molecule has 6 nitrogen and oxygen atoms in total. The maximum atomic E-state index is 12.6. The van der Waals surface area contributed by atoms with Crippen LogP contribution < -0.4 is 10.6 Å².